The van der Waals surface area contributed by atoms with E-state index in [1.54, 1.807) is 6.92 Å². The number of hydrogen-bond donors (Lipinski definition) is 2. The van der Waals surface area contributed by atoms with Crippen molar-refractivity contribution in [2.75, 3.05) is 5.32 Å². The lowest BCUT2D eigenvalue weighted by molar-refractivity contribution is -0.121. The number of nitrogens with one attached hydrogen (secondary N) is 1. The molecule has 6 heteroatoms. The molecule has 0 saturated heterocycles. The quantitative estimate of drug-likeness (QED) is 0.813. The number of nitrogens with zero attached hydrogens (tertiary/aromatic N) is 2. The van der Waals surface area contributed by atoms with Gasteiger partial charge in [-0.1, -0.05) is 5.10 Å². The van der Waals surface area contributed by atoms with E-state index in [0.29, 0.717) is 11.8 Å². The Labute approximate surface area is 99.0 Å². The summed E-state index contributed by atoms with van der Waals surface area (Å²) >= 11 is 0. The maximum Gasteiger partial charge on any atom is 0.322 e. The minimum atomic E-state index is -0.839. The molecule has 1 heterocycles. The van der Waals surface area contributed by atoms with E-state index in [4.69, 9.17) is 10.2 Å². The summed E-state index contributed by atoms with van der Waals surface area (Å²) in [5.74, 6) is 1.03. The van der Waals surface area contributed by atoms with Crippen LogP contribution in [0.25, 0.3) is 0 Å². The summed E-state index contributed by atoms with van der Waals surface area (Å²) in [4.78, 5) is 11.9. The Hall–Kier alpha value is -1.43. The van der Waals surface area contributed by atoms with E-state index in [1.165, 1.54) is 0 Å². The molecule has 1 unspecified atom stereocenters. The van der Waals surface area contributed by atoms with Crippen LogP contribution < -0.4 is 11.1 Å². The summed E-state index contributed by atoms with van der Waals surface area (Å²) in [6.45, 7) is 1.75. The van der Waals surface area contributed by atoms with Crippen molar-refractivity contribution in [3.8, 4) is 0 Å². The Balaban J connectivity index is 1.66. The molecular weight excluding hydrogens is 220 g/mol. The average molecular weight is 236 g/mol. The molecular formula is C11H16N4O2. The minimum Gasteiger partial charge on any atom is -0.408 e. The van der Waals surface area contributed by atoms with Crippen molar-refractivity contribution < 1.29 is 9.21 Å². The van der Waals surface area contributed by atoms with E-state index < -0.39 is 5.54 Å². The van der Waals surface area contributed by atoms with Gasteiger partial charge in [0.1, 0.15) is 0 Å². The number of aromatic nitrogens is 2. The first-order valence-corrected chi connectivity index (χ1v) is 6.01. The second kappa shape index (κ2) is 3.53. The van der Waals surface area contributed by atoms with Crippen LogP contribution in [0.5, 0.6) is 0 Å². The van der Waals surface area contributed by atoms with Crippen LogP contribution in [0, 0.1) is 5.92 Å². The molecule has 1 aromatic rings. The second-order valence-corrected chi connectivity index (χ2v) is 5.23. The lowest BCUT2D eigenvalue weighted by Gasteiger charge is -2.21. The first-order valence-electron chi connectivity index (χ1n) is 6.01. The Morgan fingerprint density at radius 3 is 2.71 bits per heavy atom. The standard InChI is InChI=1S/C11H16N4O2/c1-11(12,7-4-5-7)9(16)13-10-15-14-8(17-10)6-2-3-6/h6-7H,2-5,12H2,1H3,(H,13,15,16). The largest absolute Gasteiger partial charge is 0.408 e. The highest BCUT2D eigenvalue weighted by molar-refractivity contribution is 5.96. The number of anilines is 1. The maximum absolute atomic E-state index is 11.9. The van der Waals surface area contributed by atoms with Crippen LogP contribution in [-0.2, 0) is 4.79 Å². The Morgan fingerprint density at radius 1 is 1.41 bits per heavy atom. The van der Waals surface area contributed by atoms with Crippen molar-refractivity contribution in [2.24, 2.45) is 11.7 Å². The minimum absolute atomic E-state index is 0.161. The van der Waals surface area contributed by atoms with Gasteiger partial charge in [0.15, 0.2) is 0 Å². The van der Waals surface area contributed by atoms with Gasteiger partial charge in [-0.05, 0) is 38.5 Å². The predicted molar refractivity (Wildman–Crippen MR) is 60.2 cm³/mol. The number of rotatable bonds is 4. The molecule has 2 fully saturated rings. The number of carbonyl (C=O) groups is 1. The van der Waals surface area contributed by atoms with Gasteiger partial charge in [-0.3, -0.25) is 10.1 Å². The first-order chi connectivity index (χ1) is 8.07. The summed E-state index contributed by atoms with van der Waals surface area (Å²) in [6, 6.07) is 0.161. The zero-order chi connectivity index (χ0) is 12.0. The van der Waals surface area contributed by atoms with E-state index in [2.05, 4.69) is 15.5 Å². The van der Waals surface area contributed by atoms with Gasteiger partial charge in [-0.2, -0.15) is 0 Å². The molecule has 0 radical (unpaired) electrons. The van der Waals surface area contributed by atoms with Crippen LogP contribution in [-0.4, -0.2) is 21.6 Å². The molecule has 2 aliphatic carbocycles. The molecule has 2 saturated carbocycles. The van der Waals surface area contributed by atoms with Crippen LogP contribution in [0.1, 0.15) is 44.4 Å². The van der Waals surface area contributed by atoms with E-state index in [-0.39, 0.29) is 17.8 Å². The molecule has 0 bridgehead atoms. The predicted octanol–water partition coefficient (Wildman–Crippen LogP) is 1.01. The van der Waals surface area contributed by atoms with E-state index in [9.17, 15) is 4.79 Å². The van der Waals surface area contributed by atoms with Gasteiger partial charge < -0.3 is 10.2 Å². The topological polar surface area (TPSA) is 94.0 Å². The smallest absolute Gasteiger partial charge is 0.322 e. The average Bonchev–Trinajstić information content (AvgIpc) is 3.17. The van der Waals surface area contributed by atoms with Crippen molar-refractivity contribution in [1.29, 1.82) is 0 Å². The monoisotopic (exact) mass is 236 g/mol. The van der Waals surface area contributed by atoms with E-state index >= 15 is 0 Å². The molecule has 17 heavy (non-hydrogen) atoms. The third-order valence-corrected chi connectivity index (χ3v) is 3.50. The summed E-state index contributed by atoms with van der Waals surface area (Å²) in [5, 5.41) is 10.3. The molecule has 92 valence electrons. The highest BCUT2D eigenvalue weighted by Gasteiger charge is 2.44. The molecule has 0 aromatic carbocycles. The van der Waals surface area contributed by atoms with Crippen molar-refractivity contribution in [1.82, 2.24) is 10.2 Å². The highest BCUT2D eigenvalue weighted by atomic mass is 16.4. The van der Waals surface area contributed by atoms with Gasteiger partial charge in [-0.25, -0.2) is 0 Å². The van der Waals surface area contributed by atoms with Crippen molar-refractivity contribution in [3.05, 3.63) is 5.89 Å². The number of hydrogen-bond acceptors (Lipinski definition) is 5. The lowest BCUT2D eigenvalue weighted by atomic mass is 9.96. The van der Waals surface area contributed by atoms with Gasteiger partial charge in [0, 0.05) is 5.92 Å². The molecule has 3 rings (SSSR count). The van der Waals surface area contributed by atoms with Crippen molar-refractivity contribution >= 4 is 11.9 Å². The molecule has 1 atom stereocenters. The molecule has 1 amide bonds. The summed E-state index contributed by atoms with van der Waals surface area (Å²) in [6.07, 6.45) is 4.20. The zero-order valence-electron chi connectivity index (χ0n) is 9.77. The third kappa shape index (κ3) is 2.04. The fourth-order valence-electron chi connectivity index (χ4n) is 1.88. The molecule has 2 aliphatic rings. The summed E-state index contributed by atoms with van der Waals surface area (Å²) in [7, 11) is 0. The molecule has 3 N–H and O–H groups in total. The lowest BCUT2D eigenvalue weighted by Crippen LogP contribution is -2.50. The first kappa shape index (κ1) is 10.7. The Morgan fingerprint density at radius 2 is 2.12 bits per heavy atom. The van der Waals surface area contributed by atoms with Gasteiger partial charge >= 0.3 is 6.01 Å². The van der Waals surface area contributed by atoms with Gasteiger partial charge in [0.2, 0.25) is 11.8 Å². The van der Waals surface area contributed by atoms with Crippen LogP contribution in [0.4, 0.5) is 6.01 Å². The molecule has 0 aliphatic heterocycles. The van der Waals surface area contributed by atoms with Crippen molar-refractivity contribution in [3.63, 3.8) is 0 Å². The van der Waals surface area contributed by atoms with E-state index in [0.717, 1.165) is 25.7 Å². The fourth-order valence-corrected chi connectivity index (χ4v) is 1.88. The van der Waals surface area contributed by atoms with Gasteiger partial charge in [0.25, 0.3) is 0 Å². The van der Waals surface area contributed by atoms with Crippen LogP contribution in [0.15, 0.2) is 4.42 Å². The molecule has 6 nitrogen and oxygen atoms in total. The number of carbonyl (C=O) groups excluding carboxylic acids is 1. The Bertz CT molecular complexity index is 446. The fraction of sp³-hybridized carbons (Fsp3) is 0.727. The van der Waals surface area contributed by atoms with E-state index in [1.807, 2.05) is 0 Å². The molecule has 1 aromatic heterocycles. The highest BCUT2D eigenvalue weighted by Crippen LogP contribution is 2.40. The number of nitrogens with two attached hydrogens (primary N) is 1. The summed E-state index contributed by atoms with van der Waals surface area (Å²) < 4.78 is 5.36. The summed E-state index contributed by atoms with van der Waals surface area (Å²) in [5.41, 5.74) is 5.15. The third-order valence-electron chi connectivity index (χ3n) is 3.50. The van der Waals surface area contributed by atoms with Gasteiger partial charge in [-0.15, -0.1) is 5.10 Å². The molecule has 0 spiro atoms. The van der Waals surface area contributed by atoms with Crippen LogP contribution >= 0.6 is 0 Å². The zero-order valence-corrected chi connectivity index (χ0v) is 9.77. The Kier molecular flexibility index (Phi) is 2.22. The van der Waals surface area contributed by atoms with Gasteiger partial charge in [0.05, 0.1) is 5.54 Å². The van der Waals surface area contributed by atoms with Crippen molar-refractivity contribution in [2.45, 2.75) is 44.1 Å². The van der Waals surface area contributed by atoms with Crippen LogP contribution in [0.2, 0.25) is 0 Å². The second-order valence-electron chi connectivity index (χ2n) is 5.23. The SMILES string of the molecule is CC(N)(C(=O)Nc1nnc(C2CC2)o1)C1CC1. The number of amides is 1. The normalized spacial score (nSPS) is 23.2. The maximum atomic E-state index is 11.9. The van der Waals surface area contributed by atoms with Crippen LogP contribution in [0.3, 0.4) is 0 Å².